The average molecular weight is 806 g/mol. The van der Waals surface area contributed by atoms with Crippen LogP contribution in [0.1, 0.15) is 77.5 Å². The zero-order valence-electron chi connectivity index (χ0n) is 31.7. The summed E-state index contributed by atoms with van der Waals surface area (Å²) < 4.78 is 11.5. The number of hydrogen-bond acceptors (Lipinski definition) is 8. The van der Waals surface area contributed by atoms with Crippen LogP contribution in [0.5, 0.6) is 11.5 Å². The van der Waals surface area contributed by atoms with Gasteiger partial charge in [0.05, 0.1) is 24.6 Å². The van der Waals surface area contributed by atoms with Crippen LogP contribution < -0.4 is 20.2 Å². The highest BCUT2D eigenvalue weighted by Crippen LogP contribution is 2.44. The van der Waals surface area contributed by atoms with Crippen LogP contribution in [0.4, 0.5) is 5.69 Å². The second-order valence-corrected chi connectivity index (χ2v) is 15.8. The van der Waals surface area contributed by atoms with Gasteiger partial charge in [0.1, 0.15) is 22.6 Å². The predicted molar refractivity (Wildman–Crippen MR) is 218 cm³/mol. The molecule has 0 fully saturated rings. The highest BCUT2D eigenvalue weighted by atomic mass is 35.5. The summed E-state index contributed by atoms with van der Waals surface area (Å²) in [6.45, 7) is 12.6. The number of amides is 3. The van der Waals surface area contributed by atoms with E-state index in [0.717, 1.165) is 24.5 Å². The fraction of sp³-hybridized carbons (Fsp3) is 0.341. The molecule has 3 aromatic rings. The van der Waals surface area contributed by atoms with Crippen molar-refractivity contribution in [1.82, 2.24) is 5.32 Å². The minimum atomic E-state index is -1.68. The largest absolute Gasteiger partial charge is 0.497 e. The number of rotatable bonds is 13. The SMILES string of the molecule is CCC(C)(C)c1ccc(OCC(=O)N=C2CC(C(=O)NC3=CC(=O)N=N3)(c3c(Cl)cc(Cl)cc3Cl)C=CC2=NNc2ccc(OC)cc2)c(C(C)(C)CC)c1. The van der Waals surface area contributed by atoms with E-state index >= 15 is 0 Å². The van der Waals surface area contributed by atoms with Crippen LogP contribution in [-0.4, -0.2) is 42.9 Å². The number of benzene rings is 3. The number of allylic oxidation sites excluding steroid dienone is 1. The van der Waals surface area contributed by atoms with Gasteiger partial charge in [-0.15, -0.1) is 10.2 Å². The predicted octanol–water partition coefficient (Wildman–Crippen LogP) is 9.69. The zero-order chi connectivity index (χ0) is 40.1. The van der Waals surface area contributed by atoms with Crippen molar-refractivity contribution in [3.63, 3.8) is 0 Å². The number of anilines is 1. The molecule has 0 aromatic heterocycles. The van der Waals surface area contributed by atoms with Crippen molar-refractivity contribution < 1.29 is 23.9 Å². The number of carbonyl (C=O) groups is 3. The molecule has 14 heteroatoms. The van der Waals surface area contributed by atoms with Crippen LogP contribution in [0.2, 0.25) is 15.1 Å². The Morgan fingerprint density at radius 2 is 1.60 bits per heavy atom. The zero-order valence-corrected chi connectivity index (χ0v) is 34.0. The van der Waals surface area contributed by atoms with E-state index in [4.69, 9.17) is 44.3 Å². The summed E-state index contributed by atoms with van der Waals surface area (Å²) in [6.07, 6.45) is 5.74. The fourth-order valence-corrected chi connectivity index (χ4v) is 7.17. The lowest BCUT2D eigenvalue weighted by Crippen LogP contribution is -2.47. The summed E-state index contributed by atoms with van der Waals surface area (Å²) in [7, 11) is 1.57. The first-order chi connectivity index (χ1) is 26.0. The third-order valence-corrected chi connectivity index (χ3v) is 11.0. The second-order valence-electron chi connectivity index (χ2n) is 14.5. The van der Waals surface area contributed by atoms with Gasteiger partial charge in [0.15, 0.2) is 12.4 Å². The molecular weight excluding hydrogens is 763 g/mol. The van der Waals surface area contributed by atoms with Crippen LogP contribution in [0, 0.1) is 0 Å². The van der Waals surface area contributed by atoms with Gasteiger partial charge >= 0.3 is 0 Å². The van der Waals surface area contributed by atoms with Gasteiger partial charge < -0.3 is 14.8 Å². The number of nitrogens with zero attached hydrogens (tertiary/aromatic N) is 4. The molecule has 11 nitrogen and oxygen atoms in total. The van der Waals surface area contributed by atoms with E-state index in [0.29, 0.717) is 17.2 Å². The summed E-state index contributed by atoms with van der Waals surface area (Å²) in [5, 5.41) is 14.8. The van der Waals surface area contributed by atoms with Gasteiger partial charge in [-0.25, -0.2) is 4.99 Å². The highest BCUT2D eigenvalue weighted by Gasteiger charge is 2.46. The van der Waals surface area contributed by atoms with Gasteiger partial charge in [0.25, 0.3) is 11.8 Å². The Bertz CT molecular complexity index is 2130. The maximum absolute atomic E-state index is 14.3. The van der Waals surface area contributed by atoms with Crippen LogP contribution in [0.25, 0.3) is 0 Å². The Hall–Kier alpha value is -4.84. The van der Waals surface area contributed by atoms with Gasteiger partial charge in [-0.3, -0.25) is 19.8 Å². The third kappa shape index (κ3) is 9.35. The second kappa shape index (κ2) is 16.9. The number of halogens is 3. The van der Waals surface area contributed by atoms with Gasteiger partial charge in [-0.1, -0.05) is 94.6 Å². The number of nitrogens with one attached hydrogen (secondary N) is 2. The minimum Gasteiger partial charge on any atom is -0.497 e. The maximum Gasteiger partial charge on any atom is 0.292 e. The maximum atomic E-state index is 14.3. The Kier molecular flexibility index (Phi) is 12.7. The van der Waals surface area contributed by atoms with Crippen LogP contribution in [-0.2, 0) is 30.6 Å². The molecule has 0 saturated heterocycles. The standard InChI is InChI=1S/C41H43Cl3N6O5/c1-8-39(3,4)24-10-15-33(28(18-24)40(5,6)9-2)55-23-36(52)45-32-22-41(37-29(43)19-25(42)20-30(37)44,38(53)46-34-21-35(51)50-49-34)17-16-31(32)48-47-26-11-13-27(54-7)14-12-26/h10-21,47H,8-9,22-23H2,1-7H3,(H,46,53). The first kappa shape index (κ1) is 41.3. The first-order valence-electron chi connectivity index (χ1n) is 17.7. The topological polar surface area (TPSA) is 143 Å². The van der Waals surface area contributed by atoms with E-state index in [1.54, 1.807) is 43.5 Å². The number of azo groups is 1. The molecule has 5 rings (SSSR count). The van der Waals surface area contributed by atoms with Crippen LogP contribution >= 0.6 is 34.8 Å². The molecule has 55 heavy (non-hydrogen) atoms. The molecule has 1 unspecified atom stereocenters. The minimum absolute atomic E-state index is 0.0512. The van der Waals surface area contributed by atoms with E-state index in [-0.39, 0.29) is 55.1 Å². The smallest absolute Gasteiger partial charge is 0.292 e. The van der Waals surface area contributed by atoms with Crippen LogP contribution in [0.15, 0.2) is 99.0 Å². The Labute approximate surface area is 335 Å². The summed E-state index contributed by atoms with van der Waals surface area (Å²) in [6, 6.07) is 16.1. The van der Waals surface area contributed by atoms with Crippen molar-refractivity contribution in [3.05, 3.63) is 110 Å². The van der Waals surface area contributed by atoms with Gasteiger partial charge in [-0.2, -0.15) is 5.10 Å². The molecular formula is C41H43Cl3N6O5. The van der Waals surface area contributed by atoms with E-state index in [1.807, 2.05) is 12.1 Å². The summed E-state index contributed by atoms with van der Waals surface area (Å²) in [5.41, 5.74) is 4.37. The van der Waals surface area contributed by atoms with Gasteiger partial charge in [-0.05, 0) is 77.8 Å². The molecule has 3 aromatic carbocycles. The fourth-order valence-electron chi connectivity index (χ4n) is 6.02. The molecule has 1 heterocycles. The van der Waals surface area contributed by atoms with E-state index < -0.39 is 29.7 Å². The molecule has 1 aliphatic carbocycles. The van der Waals surface area contributed by atoms with Crippen LogP contribution in [0.3, 0.4) is 0 Å². The van der Waals surface area contributed by atoms with Crippen molar-refractivity contribution in [2.24, 2.45) is 20.3 Å². The summed E-state index contributed by atoms with van der Waals surface area (Å²) >= 11 is 19.8. The molecule has 0 spiro atoms. The first-order valence-corrected chi connectivity index (χ1v) is 18.8. The number of hydrogen-bond donors (Lipinski definition) is 2. The number of ether oxygens (including phenoxy) is 2. The van der Waals surface area contributed by atoms with Gasteiger partial charge in [0.2, 0.25) is 5.91 Å². The van der Waals surface area contributed by atoms with Crippen molar-refractivity contribution >= 4 is 69.6 Å². The van der Waals surface area contributed by atoms with E-state index in [2.05, 4.69) is 78.7 Å². The number of hydrazone groups is 1. The monoisotopic (exact) mass is 804 g/mol. The third-order valence-electron chi connectivity index (χ3n) is 10.1. The van der Waals surface area contributed by atoms with E-state index in [9.17, 15) is 14.4 Å². The van der Waals surface area contributed by atoms with Crippen molar-refractivity contribution in [3.8, 4) is 11.5 Å². The molecule has 3 amide bonds. The lowest BCUT2D eigenvalue weighted by Gasteiger charge is -2.34. The average Bonchev–Trinajstić information content (AvgIpc) is 3.57. The van der Waals surface area contributed by atoms with Crippen molar-refractivity contribution in [1.29, 1.82) is 0 Å². The number of carbonyl (C=O) groups excluding carboxylic acids is 3. The quantitative estimate of drug-likeness (QED) is 0.165. The van der Waals surface area contributed by atoms with E-state index in [1.165, 1.54) is 17.7 Å². The summed E-state index contributed by atoms with van der Waals surface area (Å²) in [5.74, 6) is -0.768. The molecule has 0 bridgehead atoms. The van der Waals surface area contributed by atoms with Crippen molar-refractivity contribution in [2.75, 3.05) is 19.1 Å². The Balaban J connectivity index is 1.57. The van der Waals surface area contributed by atoms with Crippen molar-refractivity contribution in [2.45, 2.75) is 77.0 Å². The number of aliphatic imine (C=N–C) groups is 1. The summed E-state index contributed by atoms with van der Waals surface area (Å²) in [4.78, 5) is 44.5. The van der Waals surface area contributed by atoms with Gasteiger partial charge in [0, 0.05) is 32.6 Å². The molecule has 0 radical (unpaired) electrons. The number of methoxy groups -OCH3 is 1. The Morgan fingerprint density at radius 1 is 0.927 bits per heavy atom. The molecule has 2 aliphatic rings. The molecule has 1 atom stereocenters. The lowest BCUT2D eigenvalue weighted by atomic mass is 9.71. The molecule has 288 valence electrons. The highest BCUT2D eigenvalue weighted by molar-refractivity contribution is 6.49. The normalized spacial score (nSPS) is 18.4. The molecule has 1 aliphatic heterocycles. The lowest BCUT2D eigenvalue weighted by molar-refractivity contribution is -0.124. The molecule has 0 saturated carbocycles. The Morgan fingerprint density at radius 3 is 2.20 bits per heavy atom. The molecule has 2 N–H and O–H groups in total.